The van der Waals surface area contributed by atoms with Gasteiger partial charge >= 0.3 is 0 Å². The van der Waals surface area contributed by atoms with Crippen LogP contribution in [0.3, 0.4) is 0 Å². The first-order valence-electron chi connectivity index (χ1n) is 9.26. The van der Waals surface area contributed by atoms with Gasteiger partial charge in [-0.05, 0) is 29.2 Å². The molecule has 3 unspecified atom stereocenters. The van der Waals surface area contributed by atoms with E-state index in [0.29, 0.717) is 26.2 Å². The minimum absolute atomic E-state index is 0.00808. The highest BCUT2D eigenvalue weighted by atomic mass is 16.5. The number of hydrogen-bond acceptors (Lipinski definition) is 3. The average molecular weight is 339 g/mol. The summed E-state index contributed by atoms with van der Waals surface area (Å²) in [7, 11) is 0. The van der Waals surface area contributed by atoms with Crippen LogP contribution in [0.2, 0.25) is 0 Å². The Labute approximate surface area is 148 Å². The topological polar surface area (TPSA) is 49.8 Å². The second-order valence-corrected chi connectivity index (χ2v) is 7.21. The lowest BCUT2D eigenvalue weighted by molar-refractivity contribution is -0.143. The van der Waals surface area contributed by atoms with Gasteiger partial charge in [0.25, 0.3) is 0 Å². The van der Waals surface area contributed by atoms with Crippen LogP contribution in [0.15, 0.2) is 42.5 Å². The van der Waals surface area contributed by atoms with Crippen LogP contribution in [0, 0.1) is 5.92 Å². The Morgan fingerprint density at radius 1 is 1.16 bits per heavy atom. The maximum atomic E-state index is 13.1. The van der Waals surface area contributed by atoms with Gasteiger partial charge in [0.05, 0.1) is 31.8 Å². The molecule has 0 spiro atoms. The van der Waals surface area contributed by atoms with Crippen LogP contribution in [-0.2, 0) is 16.0 Å². The summed E-state index contributed by atoms with van der Waals surface area (Å²) in [4.78, 5) is 15.0. The standard InChI is InChI=1S/C21H25NO3/c23-20-10-4-9-18(20)19-14-25-12-11-22(19)21(24)13-16-7-3-6-15-5-1-2-8-17(15)16/h1-3,5-8,18-20,23H,4,9-14H2. The predicted octanol–water partition coefficient (Wildman–Crippen LogP) is 2.77. The van der Waals surface area contributed by atoms with Crippen LogP contribution in [0.4, 0.5) is 0 Å². The Balaban J connectivity index is 1.56. The molecule has 132 valence electrons. The van der Waals surface area contributed by atoms with Crippen molar-refractivity contribution in [1.29, 1.82) is 0 Å². The molecule has 1 amide bonds. The van der Waals surface area contributed by atoms with Crippen molar-refractivity contribution in [1.82, 2.24) is 4.90 Å². The average Bonchev–Trinajstić information content (AvgIpc) is 3.08. The van der Waals surface area contributed by atoms with Crippen LogP contribution >= 0.6 is 0 Å². The number of ether oxygens (including phenoxy) is 1. The minimum Gasteiger partial charge on any atom is -0.393 e. The van der Waals surface area contributed by atoms with Crippen molar-refractivity contribution >= 4 is 16.7 Å². The monoisotopic (exact) mass is 339 g/mol. The number of amides is 1. The Morgan fingerprint density at radius 3 is 2.84 bits per heavy atom. The molecule has 2 aromatic carbocycles. The molecule has 0 aromatic heterocycles. The molecule has 2 fully saturated rings. The molecule has 1 aliphatic carbocycles. The summed E-state index contributed by atoms with van der Waals surface area (Å²) in [6, 6.07) is 14.3. The lowest BCUT2D eigenvalue weighted by atomic mass is 9.93. The number of aliphatic hydroxyl groups excluding tert-OH is 1. The summed E-state index contributed by atoms with van der Waals surface area (Å²) >= 11 is 0. The summed E-state index contributed by atoms with van der Waals surface area (Å²) < 4.78 is 5.64. The molecule has 4 heteroatoms. The Hall–Kier alpha value is -1.91. The number of benzene rings is 2. The van der Waals surface area contributed by atoms with Gasteiger partial charge in [0.2, 0.25) is 5.91 Å². The number of aliphatic hydroxyl groups is 1. The third kappa shape index (κ3) is 3.29. The van der Waals surface area contributed by atoms with E-state index >= 15 is 0 Å². The smallest absolute Gasteiger partial charge is 0.227 e. The fourth-order valence-electron chi connectivity index (χ4n) is 4.42. The third-order valence-electron chi connectivity index (χ3n) is 5.73. The van der Waals surface area contributed by atoms with Crippen LogP contribution in [0.5, 0.6) is 0 Å². The van der Waals surface area contributed by atoms with Crippen molar-refractivity contribution in [2.24, 2.45) is 5.92 Å². The van der Waals surface area contributed by atoms with Crippen molar-refractivity contribution in [2.75, 3.05) is 19.8 Å². The maximum absolute atomic E-state index is 13.1. The number of carbonyl (C=O) groups excluding carboxylic acids is 1. The first-order valence-corrected chi connectivity index (χ1v) is 9.26. The molecule has 1 saturated carbocycles. The van der Waals surface area contributed by atoms with Gasteiger partial charge in [-0.25, -0.2) is 0 Å². The van der Waals surface area contributed by atoms with Gasteiger partial charge in [0.1, 0.15) is 0 Å². The summed E-state index contributed by atoms with van der Waals surface area (Å²) in [6.07, 6.45) is 2.95. The summed E-state index contributed by atoms with van der Waals surface area (Å²) in [5.41, 5.74) is 1.07. The normalized spacial score (nSPS) is 26.9. The number of carbonyl (C=O) groups is 1. The highest BCUT2D eigenvalue weighted by Gasteiger charge is 2.39. The number of hydrogen-bond donors (Lipinski definition) is 1. The van der Waals surface area contributed by atoms with Gasteiger partial charge in [-0.15, -0.1) is 0 Å². The van der Waals surface area contributed by atoms with Crippen molar-refractivity contribution in [3.63, 3.8) is 0 Å². The zero-order valence-electron chi connectivity index (χ0n) is 14.4. The number of fused-ring (bicyclic) bond motifs is 1. The van der Waals surface area contributed by atoms with Crippen LogP contribution < -0.4 is 0 Å². The fraction of sp³-hybridized carbons (Fsp3) is 0.476. The first kappa shape index (κ1) is 16.6. The Bertz CT molecular complexity index is 754. The van der Waals surface area contributed by atoms with E-state index in [-0.39, 0.29) is 24.0 Å². The largest absolute Gasteiger partial charge is 0.393 e. The first-order chi connectivity index (χ1) is 12.2. The zero-order chi connectivity index (χ0) is 17.2. The van der Waals surface area contributed by atoms with Gasteiger partial charge in [-0.1, -0.05) is 48.9 Å². The van der Waals surface area contributed by atoms with E-state index in [1.165, 1.54) is 0 Å². The van der Waals surface area contributed by atoms with Gasteiger partial charge in [-0.3, -0.25) is 4.79 Å². The van der Waals surface area contributed by atoms with Crippen molar-refractivity contribution in [2.45, 2.75) is 37.8 Å². The number of morpholine rings is 1. The Morgan fingerprint density at radius 2 is 2.00 bits per heavy atom. The lowest BCUT2D eigenvalue weighted by Crippen LogP contribution is -2.54. The van der Waals surface area contributed by atoms with E-state index in [1.54, 1.807) is 0 Å². The molecule has 2 aromatic rings. The molecule has 4 nitrogen and oxygen atoms in total. The number of nitrogens with zero attached hydrogens (tertiary/aromatic N) is 1. The predicted molar refractivity (Wildman–Crippen MR) is 97.3 cm³/mol. The summed E-state index contributed by atoms with van der Waals surface area (Å²) in [6.45, 7) is 1.75. The lowest BCUT2D eigenvalue weighted by Gasteiger charge is -2.40. The van der Waals surface area contributed by atoms with E-state index in [2.05, 4.69) is 18.2 Å². The summed E-state index contributed by atoms with van der Waals surface area (Å²) in [5, 5.41) is 12.6. The molecular weight excluding hydrogens is 314 g/mol. The molecule has 1 N–H and O–H groups in total. The minimum atomic E-state index is -0.306. The second kappa shape index (κ2) is 7.14. The molecule has 4 rings (SSSR count). The molecule has 0 radical (unpaired) electrons. The van der Waals surface area contributed by atoms with Crippen LogP contribution in [0.1, 0.15) is 24.8 Å². The number of rotatable bonds is 3. The fourth-order valence-corrected chi connectivity index (χ4v) is 4.42. The highest BCUT2D eigenvalue weighted by Crippen LogP contribution is 2.32. The van der Waals surface area contributed by atoms with Gasteiger partial charge in [-0.2, -0.15) is 0 Å². The Kier molecular flexibility index (Phi) is 4.73. The molecule has 1 aliphatic heterocycles. The highest BCUT2D eigenvalue weighted by molar-refractivity contribution is 5.90. The van der Waals surface area contributed by atoms with E-state index in [4.69, 9.17) is 4.74 Å². The van der Waals surface area contributed by atoms with E-state index in [0.717, 1.165) is 35.6 Å². The van der Waals surface area contributed by atoms with E-state index in [9.17, 15) is 9.90 Å². The molecular formula is C21H25NO3. The van der Waals surface area contributed by atoms with Crippen molar-refractivity contribution < 1.29 is 14.6 Å². The third-order valence-corrected chi connectivity index (χ3v) is 5.73. The van der Waals surface area contributed by atoms with Gasteiger partial charge in [0.15, 0.2) is 0 Å². The van der Waals surface area contributed by atoms with E-state index in [1.807, 2.05) is 29.2 Å². The molecule has 2 aliphatic rings. The van der Waals surface area contributed by atoms with Crippen molar-refractivity contribution in [3.05, 3.63) is 48.0 Å². The quantitative estimate of drug-likeness (QED) is 0.935. The summed E-state index contributed by atoms with van der Waals surface area (Å²) in [5.74, 6) is 0.292. The molecule has 3 atom stereocenters. The van der Waals surface area contributed by atoms with E-state index < -0.39 is 0 Å². The SMILES string of the molecule is O=C(Cc1cccc2ccccc12)N1CCOCC1C1CCCC1O. The van der Waals surface area contributed by atoms with Gasteiger partial charge < -0.3 is 14.7 Å². The molecule has 1 saturated heterocycles. The van der Waals surface area contributed by atoms with Crippen LogP contribution in [-0.4, -0.2) is 47.8 Å². The second-order valence-electron chi connectivity index (χ2n) is 7.21. The molecule has 0 bridgehead atoms. The van der Waals surface area contributed by atoms with Crippen molar-refractivity contribution in [3.8, 4) is 0 Å². The maximum Gasteiger partial charge on any atom is 0.227 e. The molecule has 25 heavy (non-hydrogen) atoms. The molecule has 1 heterocycles. The van der Waals surface area contributed by atoms with Crippen LogP contribution in [0.25, 0.3) is 10.8 Å². The van der Waals surface area contributed by atoms with Gasteiger partial charge in [0, 0.05) is 12.5 Å². The zero-order valence-corrected chi connectivity index (χ0v) is 14.4.